The minimum atomic E-state index is 0.432. The Bertz CT molecular complexity index is 102. The van der Waals surface area contributed by atoms with Crippen molar-refractivity contribution in [3.63, 3.8) is 0 Å². The number of halogens is 1. The average Bonchev–Trinajstić information content (AvgIpc) is 1.99. The van der Waals surface area contributed by atoms with Crippen molar-refractivity contribution in [3.8, 4) is 0 Å². The van der Waals surface area contributed by atoms with Crippen LogP contribution in [0.15, 0.2) is 0 Å². The number of alkyl halides is 1. The van der Waals surface area contributed by atoms with E-state index in [9.17, 15) is 4.79 Å². The monoisotopic (exact) mass is 220 g/mol. The number of ketones is 1. The summed E-state index contributed by atoms with van der Waals surface area (Å²) >= 11 is 3.36. The number of carbonyl (C=O) groups excluding carboxylic acids is 1. The number of hydrogen-bond donors (Lipinski definition) is 0. The SMILES string of the molecule is CCCC(=O)CCCCCBr. The molecule has 0 rings (SSSR count). The fourth-order valence-corrected chi connectivity index (χ4v) is 1.39. The van der Waals surface area contributed by atoms with E-state index in [0.29, 0.717) is 5.78 Å². The van der Waals surface area contributed by atoms with E-state index in [1.807, 2.05) is 0 Å². The van der Waals surface area contributed by atoms with Crippen molar-refractivity contribution in [3.05, 3.63) is 0 Å². The Morgan fingerprint density at radius 1 is 1.18 bits per heavy atom. The maximum Gasteiger partial charge on any atom is 0.132 e. The van der Waals surface area contributed by atoms with Gasteiger partial charge in [-0.15, -0.1) is 0 Å². The van der Waals surface area contributed by atoms with Gasteiger partial charge in [0, 0.05) is 18.2 Å². The van der Waals surface area contributed by atoms with Crippen LogP contribution in [0, 0.1) is 0 Å². The second kappa shape index (κ2) is 8.25. The van der Waals surface area contributed by atoms with Crippen molar-refractivity contribution in [2.45, 2.75) is 45.4 Å². The fraction of sp³-hybridized carbons (Fsp3) is 0.889. The standard InChI is InChI=1S/C9H17BrO/c1-2-6-9(11)7-4-3-5-8-10/h2-8H2,1H3. The van der Waals surface area contributed by atoms with Gasteiger partial charge in [-0.05, 0) is 19.3 Å². The van der Waals surface area contributed by atoms with Gasteiger partial charge < -0.3 is 0 Å². The van der Waals surface area contributed by atoms with E-state index >= 15 is 0 Å². The molecule has 0 bridgehead atoms. The molecule has 0 saturated carbocycles. The molecule has 0 aromatic rings. The molecule has 0 spiro atoms. The first-order valence-electron chi connectivity index (χ1n) is 4.39. The quantitative estimate of drug-likeness (QED) is 0.476. The molecule has 0 aliphatic heterocycles. The van der Waals surface area contributed by atoms with Crippen molar-refractivity contribution in [1.82, 2.24) is 0 Å². The molecule has 0 aromatic carbocycles. The zero-order chi connectivity index (χ0) is 8.53. The molecular weight excluding hydrogens is 204 g/mol. The van der Waals surface area contributed by atoms with E-state index in [1.54, 1.807) is 0 Å². The van der Waals surface area contributed by atoms with Gasteiger partial charge in [-0.3, -0.25) is 4.79 Å². The second-order valence-electron chi connectivity index (χ2n) is 2.79. The van der Waals surface area contributed by atoms with Gasteiger partial charge >= 0.3 is 0 Å². The highest BCUT2D eigenvalue weighted by Gasteiger charge is 1.98. The molecule has 0 N–H and O–H groups in total. The molecule has 0 aromatic heterocycles. The summed E-state index contributed by atoms with van der Waals surface area (Å²) < 4.78 is 0. The molecule has 0 amide bonds. The molecule has 11 heavy (non-hydrogen) atoms. The first-order valence-corrected chi connectivity index (χ1v) is 5.51. The summed E-state index contributed by atoms with van der Waals surface area (Å²) in [4.78, 5) is 11.0. The summed E-state index contributed by atoms with van der Waals surface area (Å²) in [6.45, 7) is 2.05. The Morgan fingerprint density at radius 3 is 2.45 bits per heavy atom. The first-order chi connectivity index (χ1) is 5.31. The van der Waals surface area contributed by atoms with Gasteiger partial charge in [0.25, 0.3) is 0 Å². The molecule has 0 radical (unpaired) electrons. The highest BCUT2D eigenvalue weighted by molar-refractivity contribution is 9.09. The molecule has 0 heterocycles. The van der Waals surface area contributed by atoms with Crippen LogP contribution >= 0.6 is 15.9 Å². The van der Waals surface area contributed by atoms with E-state index in [4.69, 9.17) is 0 Å². The lowest BCUT2D eigenvalue weighted by molar-refractivity contribution is -0.119. The summed E-state index contributed by atoms with van der Waals surface area (Å²) in [6, 6.07) is 0. The van der Waals surface area contributed by atoms with Gasteiger partial charge in [-0.25, -0.2) is 0 Å². The normalized spacial score (nSPS) is 10.0. The van der Waals surface area contributed by atoms with E-state index in [1.165, 1.54) is 12.8 Å². The number of carbonyl (C=O) groups is 1. The molecule has 0 saturated heterocycles. The first kappa shape index (κ1) is 11.2. The Labute approximate surface area is 77.7 Å². The van der Waals surface area contributed by atoms with Crippen molar-refractivity contribution in [2.24, 2.45) is 0 Å². The minimum Gasteiger partial charge on any atom is -0.300 e. The molecular formula is C9H17BrO. The Balaban J connectivity index is 3.04. The van der Waals surface area contributed by atoms with Gasteiger partial charge in [-0.1, -0.05) is 29.3 Å². The van der Waals surface area contributed by atoms with E-state index in [0.717, 1.165) is 31.0 Å². The summed E-state index contributed by atoms with van der Waals surface area (Å²) in [7, 11) is 0. The Kier molecular flexibility index (Phi) is 8.36. The van der Waals surface area contributed by atoms with Gasteiger partial charge in [0.15, 0.2) is 0 Å². The summed E-state index contributed by atoms with van der Waals surface area (Å²) in [5.74, 6) is 0.432. The number of unbranched alkanes of at least 4 members (excludes halogenated alkanes) is 2. The predicted octanol–water partition coefficient (Wildman–Crippen LogP) is 3.31. The van der Waals surface area contributed by atoms with Crippen molar-refractivity contribution >= 4 is 21.7 Å². The molecule has 1 nitrogen and oxygen atoms in total. The van der Waals surface area contributed by atoms with Crippen LogP contribution < -0.4 is 0 Å². The van der Waals surface area contributed by atoms with Crippen LogP contribution in [-0.4, -0.2) is 11.1 Å². The van der Waals surface area contributed by atoms with Crippen molar-refractivity contribution < 1.29 is 4.79 Å². The summed E-state index contributed by atoms with van der Waals surface area (Å²) in [5.41, 5.74) is 0. The van der Waals surface area contributed by atoms with Crippen LogP contribution in [-0.2, 0) is 4.79 Å². The largest absolute Gasteiger partial charge is 0.300 e. The van der Waals surface area contributed by atoms with Crippen molar-refractivity contribution in [1.29, 1.82) is 0 Å². The minimum absolute atomic E-state index is 0.432. The fourth-order valence-electron chi connectivity index (χ4n) is 0.997. The van der Waals surface area contributed by atoms with E-state index in [-0.39, 0.29) is 0 Å². The highest BCUT2D eigenvalue weighted by Crippen LogP contribution is 2.04. The Morgan fingerprint density at radius 2 is 1.91 bits per heavy atom. The predicted molar refractivity (Wildman–Crippen MR) is 52.2 cm³/mol. The van der Waals surface area contributed by atoms with Gasteiger partial charge in [0.2, 0.25) is 0 Å². The van der Waals surface area contributed by atoms with Gasteiger partial charge in [0.05, 0.1) is 0 Å². The lowest BCUT2D eigenvalue weighted by Crippen LogP contribution is -1.96. The smallest absolute Gasteiger partial charge is 0.132 e. The van der Waals surface area contributed by atoms with Crippen LogP contribution in [0.3, 0.4) is 0 Å². The molecule has 0 fully saturated rings. The third kappa shape index (κ3) is 8.05. The average molecular weight is 221 g/mol. The highest BCUT2D eigenvalue weighted by atomic mass is 79.9. The van der Waals surface area contributed by atoms with Crippen LogP contribution in [0.4, 0.5) is 0 Å². The third-order valence-electron chi connectivity index (χ3n) is 1.62. The van der Waals surface area contributed by atoms with Crippen LogP contribution in [0.25, 0.3) is 0 Å². The lowest BCUT2D eigenvalue weighted by Gasteiger charge is -1.97. The van der Waals surface area contributed by atoms with Crippen LogP contribution in [0.5, 0.6) is 0 Å². The van der Waals surface area contributed by atoms with Crippen LogP contribution in [0.1, 0.15) is 45.4 Å². The van der Waals surface area contributed by atoms with Gasteiger partial charge in [-0.2, -0.15) is 0 Å². The lowest BCUT2D eigenvalue weighted by atomic mass is 10.1. The Hall–Kier alpha value is 0.150. The molecule has 0 aliphatic rings. The number of hydrogen-bond acceptors (Lipinski definition) is 1. The van der Waals surface area contributed by atoms with E-state index < -0.39 is 0 Å². The third-order valence-corrected chi connectivity index (χ3v) is 2.18. The molecule has 0 unspecified atom stereocenters. The second-order valence-corrected chi connectivity index (χ2v) is 3.58. The zero-order valence-electron chi connectivity index (χ0n) is 7.24. The van der Waals surface area contributed by atoms with Crippen molar-refractivity contribution in [2.75, 3.05) is 5.33 Å². The summed E-state index contributed by atoms with van der Waals surface area (Å²) in [6.07, 6.45) is 6.01. The topological polar surface area (TPSA) is 17.1 Å². The molecule has 0 atom stereocenters. The molecule has 66 valence electrons. The van der Waals surface area contributed by atoms with Crippen LogP contribution in [0.2, 0.25) is 0 Å². The van der Waals surface area contributed by atoms with E-state index in [2.05, 4.69) is 22.9 Å². The molecule has 2 heteroatoms. The number of rotatable bonds is 7. The number of Topliss-reactive ketones (excluding diaryl/α,β-unsaturated/α-hetero) is 1. The van der Waals surface area contributed by atoms with Gasteiger partial charge in [0.1, 0.15) is 5.78 Å². The maximum absolute atomic E-state index is 11.0. The summed E-state index contributed by atoms with van der Waals surface area (Å²) in [5, 5.41) is 1.06. The molecule has 0 aliphatic carbocycles. The maximum atomic E-state index is 11.0. The zero-order valence-corrected chi connectivity index (χ0v) is 8.82.